The Labute approximate surface area is 142 Å². The summed E-state index contributed by atoms with van der Waals surface area (Å²) in [6, 6.07) is 7.84. The summed E-state index contributed by atoms with van der Waals surface area (Å²) < 4.78 is 7.25. The molecule has 1 amide bonds. The summed E-state index contributed by atoms with van der Waals surface area (Å²) in [5.74, 6) is 1.38. The Bertz CT molecular complexity index is 671. The van der Waals surface area contributed by atoms with Gasteiger partial charge in [-0.1, -0.05) is 12.1 Å². The van der Waals surface area contributed by atoms with Crippen molar-refractivity contribution >= 4 is 11.6 Å². The molecule has 1 N–H and O–H groups in total. The minimum Gasteiger partial charge on any atom is -0.495 e. The van der Waals surface area contributed by atoms with Crippen molar-refractivity contribution in [1.82, 2.24) is 14.9 Å². The van der Waals surface area contributed by atoms with Gasteiger partial charge in [0.2, 0.25) is 5.91 Å². The topological polar surface area (TPSA) is 59.4 Å². The maximum atomic E-state index is 12.3. The zero-order chi connectivity index (χ0) is 16.9. The molecule has 128 valence electrons. The fourth-order valence-corrected chi connectivity index (χ4v) is 3.14. The Morgan fingerprint density at radius 2 is 2.29 bits per heavy atom. The minimum absolute atomic E-state index is 0.0312. The highest BCUT2D eigenvalue weighted by Gasteiger charge is 2.25. The van der Waals surface area contributed by atoms with Crippen LogP contribution in [-0.4, -0.2) is 42.2 Å². The van der Waals surface area contributed by atoms with Crippen molar-refractivity contribution in [2.24, 2.45) is 5.92 Å². The molecule has 0 saturated carbocycles. The minimum atomic E-state index is -0.237. The second kappa shape index (κ2) is 7.38. The molecule has 0 unspecified atom stereocenters. The predicted molar refractivity (Wildman–Crippen MR) is 93.3 cm³/mol. The Morgan fingerprint density at radius 3 is 3.04 bits per heavy atom. The van der Waals surface area contributed by atoms with Crippen LogP contribution in [0.4, 0.5) is 5.69 Å². The summed E-state index contributed by atoms with van der Waals surface area (Å²) in [6.45, 7) is 4.49. The number of amides is 1. The predicted octanol–water partition coefficient (Wildman–Crippen LogP) is 2.10. The van der Waals surface area contributed by atoms with Gasteiger partial charge in [-0.05, 0) is 31.4 Å². The number of nitrogens with zero attached hydrogens (tertiary/aromatic N) is 3. The van der Waals surface area contributed by atoms with Crippen molar-refractivity contribution < 1.29 is 9.53 Å². The lowest BCUT2D eigenvalue weighted by molar-refractivity contribution is -0.124. The molecule has 2 aromatic rings. The number of hydrogen-bond donors (Lipinski definition) is 1. The molecule has 3 rings (SSSR count). The fraction of sp³-hybridized carbons (Fsp3) is 0.444. The van der Waals surface area contributed by atoms with E-state index in [0.29, 0.717) is 12.5 Å². The summed E-state index contributed by atoms with van der Waals surface area (Å²) in [7, 11) is 1.70. The highest BCUT2D eigenvalue weighted by molar-refractivity contribution is 5.79. The Kier molecular flexibility index (Phi) is 5.03. The molecule has 1 fully saturated rings. The molecule has 0 aliphatic carbocycles. The van der Waals surface area contributed by atoms with Gasteiger partial charge in [-0.15, -0.1) is 0 Å². The van der Waals surface area contributed by atoms with Gasteiger partial charge in [0.05, 0.1) is 19.1 Å². The molecule has 2 heterocycles. The molecule has 1 aliphatic rings. The Hall–Kier alpha value is -2.50. The third-order valence-corrected chi connectivity index (χ3v) is 4.63. The molecular formula is C18H24N4O2. The van der Waals surface area contributed by atoms with Gasteiger partial charge in [0.15, 0.2) is 0 Å². The molecule has 1 saturated heterocycles. The van der Waals surface area contributed by atoms with Gasteiger partial charge in [0.1, 0.15) is 11.8 Å². The number of benzene rings is 1. The maximum Gasteiger partial charge on any atom is 0.242 e. The molecule has 0 bridgehead atoms. The number of methoxy groups -OCH3 is 1. The van der Waals surface area contributed by atoms with E-state index in [9.17, 15) is 4.79 Å². The van der Waals surface area contributed by atoms with E-state index in [4.69, 9.17) is 4.74 Å². The van der Waals surface area contributed by atoms with E-state index in [1.807, 2.05) is 35.9 Å². The van der Waals surface area contributed by atoms with Crippen molar-refractivity contribution in [3.63, 3.8) is 0 Å². The number of nitrogens with one attached hydrogen (secondary N) is 1. The Morgan fingerprint density at radius 1 is 1.46 bits per heavy atom. The van der Waals surface area contributed by atoms with Gasteiger partial charge in [-0.2, -0.15) is 0 Å². The van der Waals surface area contributed by atoms with E-state index in [2.05, 4.69) is 21.3 Å². The van der Waals surface area contributed by atoms with Crippen LogP contribution in [0.2, 0.25) is 0 Å². The van der Waals surface area contributed by atoms with Crippen LogP contribution in [0.25, 0.3) is 0 Å². The van der Waals surface area contributed by atoms with Crippen molar-refractivity contribution in [3.8, 4) is 5.75 Å². The molecule has 1 aliphatic heterocycles. The monoisotopic (exact) mass is 328 g/mol. The van der Waals surface area contributed by atoms with Crippen LogP contribution in [0.1, 0.15) is 19.4 Å². The van der Waals surface area contributed by atoms with Crippen molar-refractivity contribution in [2.75, 3.05) is 31.6 Å². The van der Waals surface area contributed by atoms with Crippen LogP contribution in [0.15, 0.2) is 43.0 Å². The number of aromatic nitrogens is 2. The largest absolute Gasteiger partial charge is 0.495 e. The summed E-state index contributed by atoms with van der Waals surface area (Å²) in [6.07, 6.45) is 6.23. The lowest BCUT2D eigenvalue weighted by Crippen LogP contribution is -2.35. The first-order chi connectivity index (χ1) is 11.7. The van der Waals surface area contributed by atoms with E-state index < -0.39 is 0 Å². The highest BCUT2D eigenvalue weighted by atomic mass is 16.5. The SMILES string of the molecule is COc1ccccc1N1CC[C@@H](CNC(=O)[C@@H](C)n2ccnc2)C1. The molecule has 0 spiro atoms. The molecule has 2 atom stereocenters. The Balaban J connectivity index is 1.52. The third kappa shape index (κ3) is 3.53. The van der Waals surface area contributed by atoms with Crippen LogP contribution in [-0.2, 0) is 4.79 Å². The van der Waals surface area contributed by atoms with Crippen LogP contribution >= 0.6 is 0 Å². The smallest absolute Gasteiger partial charge is 0.242 e. The summed E-state index contributed by atoms with van der Waals surface area (Å²) in [4.78, 5) is 18.6. The van der Waals surface area contributed by atoms with Gasteiger partial charge in [-0.3, -0.25) is 4.79 Å². The normalized spacial score (nSPS) is 18.4. The first kappa shape index (κ1) is 16.4. The van der Waals surface area contributed by atoms with Gasteiger partial charge in [0.25, 0.3) is 0 Å². The van der Waals surface area contributed by atoms with Crippen molar-refractivity contribution in [1.29, 1.82) is 0 Å². The second-order valence-corrected chi connectivity index (χ2v) is 6.20. The average Bonchev–Trinajstić information content (AvgIpc) is 3.30. The van der Waals surface area contributed by atoms with Crippen LogP contribution in [0.5, 0.6) is 5.75 Å². The average molecular weight is 328 g/mol. The number of rotatable bonds is 6. The van der Waals surface area contributed by atoms with E-state index >= 15 is 0 Å². The number of carbonyl (C=O) groups excluding carboxylic acids is 1. The molecule has 6 nitrogen and oxygen atoms in total. The van der Waals surface area contributed by atoms with Crippen LogP contribution < -0.4 is 15.0 Å². The van der Waals surface area contributed by atoms with E-state index in [1.54, 1.807) is 19.6 Å². The van der Waals surface area contributed by atoms with Gasteiger partial charge in [-0.25, -0.2) is 4.98 Å². The molecule has 0 radical (unpaired) electrons. The summed E-state index contributed by atoms with van der Waals surface area (Å²) in [5.41, 5.74) is 1.13. The second-order valence-electron chi connectivity index (χ2n) is 6.20. The maximum absolute atomic E-state index is 12.3. The quantitative estimate of drug-likeness (QED) is 0.882. The van der Waals surface area contributed by atoms with E-state index in [0.717, 1.165) is 30.9 Å². The number of imidazole rings is 1. The zero-order valence-electron chi connectivity index (χ0n) is 14.2. The van der Waals surface area contributed by atoms with Gasteiger partial charge in [0, 0.05) is 32.0 Å². The number of carbonyl (C=O) groups is 1. The van der Waals surface area contributed by atoms with E-state index in [1.165, 1.54) is 0 Å². The summed E-state index contributed by atoms with van der Waals surface area (Å²) in [5, 5.41) is 3.07. The first-order valence-electron chi connectivity index (χ1n) is 8.32. The number of hydrogen-bond acceptors (Lipinski definition) is 4. The lowest BCUT2D eigenvalue weighted by Gasteiger charge is -2.21. The zero-order valence-corrected chi connectivity index (χ0v) is 14.2. The van der Waals surface area contributed by atoms with Crippen molar-refractivity contribution in [3.05, 3.63) is 43.0 Å². The van der Waals surface area contributed by atoms with Gasteiger partial charge < -0.3 is 19.5 Å². The first-order valence-corrected chi connectivity index (χ1v) is 8.32. The lowest BCUT2D eigenvalue weighted by atomic mass is 10.1. The molecule has 1 aromatic heterocycles. The molecule has 6 heteroatoms. The molecule has 1 aromatic carbocycles. The molecule has 24 heavy (non-hydrogen) atoms. The highest BCUT2D eigenvalue weighted by Crippen LogP contribution is 2.31. The van der Waals surface area contributed by atoms with Crippen LogP contribution in [0, 0.1) is 5.92 Å². The standard InChI is InChI=1S/C18H24N4O2/c1-14(22-10-8-19-13-22)18(23)20-11-15-7-9-21(12-15)16-5-3-4-6-17(16)24-2/h3-6,8,10,13-15H,7,9,11-12H2,1-2H3,(H,20,23)/t14-,15+/m1/s1. The number of ether oxygens (including phenoxy) is 1. The van der Waals surface area contributed by atoms with E-state index in [-0.39, 0.29) is 11.9 Å². The fourth-order valence-electron chi connectivity index (χ4n) is 3.14. The third-order valence-electron chi connectivity index (χ3n) is 4.63. The van der Waals surface area contributed by atoms with Gasteiger partial charge >= 0.3 is 0 Å². The van der Waals surface area contributed by atoms with Crippen molar-refractivity contribution in [2.45, 2.75) is 19.4 Å². The number of anilines is 1. The van der Waals surface area contributed by atoms with Crippen LogP contribution in [0.3, 0.4) is 0 Å². The number of para-hydroxylation sites is 2. The summed E-state index contributed by atoms with van der Waals surface area (Å²) >= 11 is 0. The molecular weight excluding hydrogens is 304 g/mol.